The van der Waals surface area contributed by atoms with Crippen molar-refractivity contribution in [3.05, 3.63) is 75.7 Å². The molecule has 206 valence electrons. The maximum absolute atomic E-state index is 13.7. The third-order valence-electron chi connectivity index (χ3n) is 6.57. The number of carbonyl (C=O) groups is 3. The van der Waals surface area contributed by atoms with Crippen LogP contribution in [0.1, 0.15) is 59.1 Å². The third-order valence-corrected chi connectivity index (χ3v) is 7.82. The highest BCUT2D eigenvalue weighted by molar-refractivity contribution is 7.18. The Balaban J connectivity index is 1.78. The minimum Gasteiger partial charge on any atom is -0.505 e. The Kier molecular flexibility index (Phi) is 7.16. The number of benzene rings is 1. The van der Waals surface area contributed by atoms with E-state index < -0.39 is 17.7 Å². The number of imidazole rings is 1. The van der Waals surface area contributed by atoms with Gasteiger partial charge in [-0.1, -0.05) is 23.5 Å². The van der Waals surface area contributed by atoms with Crippen LogP contribution in [-0.4, -0.2) is 50.2 Å². The van der Waals surface area contributed by atoms with Crippen molar-refractivity contribution < 1.29 is 29.0 Å². The second-order valence-corrected chi connectivity index (χ2v) is 10.2. The van der Waals surface area contributed by atoms with E-state index in [9.17, 15) is 19.5 Å². The Morgan fingerprint density at radius 1 is 1.02 bits per heavy atom. The first-order chi connectivity index (χ1) is 19.2. The fraction of sp³-hybridized carbons (Fsp3) is 0.276. The van der Waals surface area contributed by atoms with Gasteiger partial charge < -0.3 is 14.6 Å². The highest BCUT2D eigenvalue weighted by Crippen LogP contribution is 2.45. The number of anilines is 1. The predicted molar refractivity (Wildman–Crippen MR) is 150 cm³/mol. The molecular weight excluding hydrogens is 532 g/mol. The smallest absolute Gasteiger partial charge is 0.301 e. The van der Waals surface area contributed by atoms with E-state index in [1.807, 2.05) is 19.9 Å². The highest BCUT2D eigenvalue weighted by atomic mass is 32.1. The largest absolute Gasteiger partial charge is 0.505 e. The van der Waals surface area contributed by atoms with Gasteiger partial charge in [-0.25, -0.2) is 9.97 Å². The molecule has 4 aromatic rings. The Bertz CT molecular complexity index is 1700. The lowest BCUT2D eigenvalue weighted by Gasteiger charge is -2.24. The first-order valence-corrected chi connectivity index (χ1v) is 13.6. The molecule has 5 rings (SSSR count). The molecule has 1 aromatic carbocycles. The number of amides is 1. The maximum atomic E-state index is 13.7. The van der Waals surface area contributed by atoms with E-state index in [4.69, 9.17) is 9.47 Å². The summed E-state index contributed by atoms with van der Waals surface area (Å²) in [5.74, 6) is -1.38. The van der Waals surface area contributed by atoms with Crippen LogP contribution in [0.3, 0.4) is 0 Å². The van der Waals surface area contributed by atoms with Crippen LogP contribution >= 0.6 is 11.3 Å². The number of Topliss-reactive ketones (excluding diaryl/α,β-unsaturated/α-hetero) is 2. The molecule has 0 saturated carbocycles. The number of ketones is 2. The van der Waals surface area contributed by atoms with Crippen molar-refractivity contribution in [3.8, 4) is 11.5 Å². The van der Waals surface area contributed by atoms with Crippen LogP contribution in [0, 0.1) is 13.8 Å². The summed E-state index contributed by atoms with van der Waals surface area (Å²) in [5.41, 5.74) is 2.19. The highest BCUT2D eigenvalue weighted by Gasteiger charge is 2.49. The molecule has 0 bridgehead atoms. The molecule has 1 unspecified atom stereocenters. The van der Waals surface area contributed by atoms with E-state index in [2.05, 4.69) is 9.97 Å². The zero-order valence-corrected chi connectivity index (χ0v) is 23.5. The number of fused-ring (bicyclic) bond motifs is 1. The number of aliphatic hydroxyl groups excluding tert-OH is 1. The molecule has 0 radical (unpaired) electrons. The molecule has 0 aliphatic carbocycles. The summed E-state index contributed by atoms with van der Waals surface area (Å²) >= 11 is 1.03. The Labute approximate surface area is 234 Å². The number of thiazole rings is 1. The minimum atomic E-state index is -1.06. The van der Waals surface area contributed by atoms with Gasteiger partial charge >= 0.3 is 5.91 Å². The Morgan fingerprint density at radius 2 is 1.75 bits per heavy atom. The molecule has 1 saturated heterocycles. The summed E-state index contributed by atoms with van der Waals surface area (Å²) < 4.78 is 13.2. The van der Waals surface area contributed by atoms with Gasteiger partial charge in [-0.3, -0.25) is 23.7 Å². The van der Waals surface area contributed by atoms with Crippen molar-refractivity contribution in [3.63, 3.8) is 0 Å². The van der Waals surface area contributed by atoms with Gasteiger partial charge in [-0.05, 0) is 57.5 Å². The molecule has 40 heavy (non-hydrogen) atoms. The summed E-state index contributed by atoms with van der Waals surface area (Å²) in [6.45, 7) is 9.28. The van der Waals surface area contributed by atoms with E-state index in [0.29, 0.717) is 57.9 Å². The van der Waals surface area contributed by atoms with Crippen LogP contribution < -0.4 is 14.4 Å². The van der Waals surface area contributed by atoms with Crippen LogP contribution in [0.4, 0.5) is 5.13 Å². The lowest BCUT2D eigenvalue weighted by Crippen LogP contribution is -2.29. The number of nitrogens with zero attached hydrogens (tertiary/aromatic N) is 4. The van der Waals surface area contributed by atoms with Gasteiger partial charge in [0.25, 0.3) is 5.78 Å². The minimum absolute atomic E-state index is 0.123. The quantitative estimate of drug-likeness (QED) is 0.138. The third kappa shape index (κ3) is 4.41. The van der Waals surface area contributed by atoms with Crippen molar-refractivity contribution in [2.45, 2.75) is 40.7 Å². The SMILES string of the molecule is CCOc1ccc(C2/C(=C(\O)c3c(C)nc4ccccn34)C(=O)C(=O)N2c2nc(C)c(C(C)=O)s2)cc1OCC. The number of aliphatic hydroxyl groups is 1. The molecule has 1 aliphatic rings. The first kappa shape index (κ1) is 27.1. The van der Waals surface area contributed by atoms with Crippen molar-refractivity contribution in [2.75, 3.05) is 18.1 Å². The van der Waals surface area contributed by atoms with Crippen molar-refractivity contribution >= 4 is 45.3 Å². The molecule has 1 atom stereocenters. The average Bonchev–Trinajstić information content (AvgIpc) is 3.55. The summed E-state index contributed by atoms with van der Waals surface area (Å²) in [7, 11) is 0. The Morgan fingerprint density at radius 3 is 2.42 bits per heavy atom. The van der Waals surface area contributed by atoms with Crippen molar-refractivity contribution in [1.29, 1.82) is 0 Å². The lowest BCUT2D eigenvalue weighted by molar-refractivity contribution is -0.132. The van der Waals surface area contributed by atoms with Gasteiger partial charge in [0.1, 0.15) is 11.3 Å². The predicted octanol–water partition coefficient (Wildman–Crippen LogP) is 5.03. The van der Waals surface area contributed by atoms with Gasteiger partial charge in [-0.2, -0.15) is 0 Å². The maximum Gasteiger partial charge on any atom is 0.301 e. The number of hydrogen-bond donors (Lipinski definition) is 1. The fourth-order valence-electron chi connectivity index (χ4n) is 4.92. The summed E-state index contributed by atoms with van der Waals surface area (Å²) in [6, 6.07) is 9.44. The van der Waals surface area contributed by atoms with Gasteiger partial charge in [0.05, 0.1) is 41.1 Å². The second kappa shape index (κ2) is 10.6. The molecule has 0 spiro atoms. The monoisotopic (exact) mass is 560 g/mol. The number of pyridine rings is 1. The number of ether oxygens (including phenoxy) is 2. The van der Waals surface area contributed by atoms with E-state index in [1.54, 1.807) is 54.8 Å². The number of aryl methyl sites for hydroxylation is 2. The lowest BCUT2D eigenvalue weighted by atomic mass is 9.96. The number of rotatable bonds is 8. The molecule has 1 fully saturated rings. The van der Waals surface area contributed by atoms with Crippen LogP contribution in [-0.2, 0) is 9.59 Å². The summed E-state index contributed by atoms with van der Waals surface area (Å²) in [4.78, 5) is 50.1. The van der Waals surface area contributed by atoms with Gasteiger partial charge in [-0.15, -0.1) is 0 Å². The first-order valence-electron chi connectivity index (χ1n) is 12.8. The zero-order chi connectivity index (χ0) is 28.7. The molecule has 10 nitrogen and oxygen atoms in total. The van der Waals surface area contributed by atoms with E-state index in [1.165, 1.54) is 11.8 Å². The van der Waals surface area contributed by atoms with Crippen LogP contribution in [0.15, 0.2) is 48.2 Å². The van der Waals surface area contributed by atoms with E-state index >= 15 is 0 Å². The van der Waals surface area contributed by atoms with Crippen LogP contribution in [0.5, 0.6) is 11.5 Å². The number of hydrogen-bond acceptors (Lipinski definition) is 9. The van der Waals surface area contributed by atoms with Gasteiger partial charge in [0, 0.05) is 13.1 Å². The van der Waals surface area contributed by atoms with Crippen LogP contribution in [0.25, 0.3) is 11.4 Å². The van der Waals surface area contributed by atoms with Crippen molar-refractivity contribution in [2.24, 2.45) is 0 Å². The topological polar surface area (TPSA) is 123 Å². The number of carbonyl (C=O) groups excluding carboxylic acids is 3. The normalized spacial score (nSPS) is 16.6. The zero-order valence-electron chi connectivity index (χ0n) is 22.7. The van der Waals surface area contributed by atoms with Crippen LogP contribution in [0.2, 0.25) is 0 Å². The van der Waals surface area contributed by atoms with Crippen molar-refractivity contribution in [1.82, 2.24) is 14.4 Å². The molecule has 1 aliphatic heterocycles. The fourth-order valence-corrected chi connectivity index (χ4v) is 5.91. The average molecular weight is 561 g/mol. The van der Waals surface area contributed by atoms with E-state index in [0.717, 1.165) is 11.3 Å². The Hall–Kier alpha value is -4.51. The summed E-state index contributed by atoms with van der Waals surface area (Å²) in [6.07, 6.45) is 1.73. The van der Waals surface area contributed by atoms with Gasteiger partial charge in [0.15, 0.2) is 28.2 Å². The second-order valence-electron chi connectivity index (χ2n) is 9.18. The number of aromatic nitrogens is 3. The standard InChI is InChI=1S/C29H28N4O6S/c1-6-38-19-12-11-18(14-20(19)39-7-2)24-22(25(35)23-15(3)30-21-10-8-9-13-32(21)23)26(36)28(37)33(24)29-31-16(4)27(40-29)17(5)34/h8-14,24,35H,6-7H2,1-5H3/b25-22+. The summed E-state index contributed by atoms with van der Waals surface area (Å²) in [5, 5.41) is 11.9. The molecule has 1 N–H and O–H groups in total. The molecule has 3 aromatic heterocycles. The van der Waals surface area contributed by atoms with Gasteiger partial charge in [0.2, 0.25) is 0 Å². The molecule has 11 heteroatoms. The van der Waals surface area contributed by atoms with E-state index in [-0.39, 0.29) is 22.2 Å². The molecule has 1 amide bonds. The molecule has 4 heterocycles. The molecular formula is C29H28N4O6S.